The summed E-state index contributed by atoms with van der Waals surface area (Å²) in [6.45, 7) is 4.45. The molecule has 1 rings (SSSR count). The molecule has 1 aromatic carbocycles. The van der Waals surface area contributed by atoms with Gasteiger partial charge in [-0.1, -0.05) is 13.8 Å². The van der Waals surface area contributed by atoms with Crippen molar-refractivity contribution >= 4 is 10.0 Å². The number of ether oxygens (including phenoxy) is 1. The molecule has 1 aromatic rings. The first-order valence-electron chi connectivity index (χ1n) is 5.79. The van der Waals surface area contributed by atoms with Crippen LogP contribution in [-0.4, -0.2) is 33.3 Å². The van der Waals surface area contributed by atoms with Gasteiger partial charge in [0.15, 0.2) is 0 Å². The number of benzene rings is 1. The lowest BCUT2D eigenvalue weighted by atomic mass is 10.2. The Bertz CT molecular complexity index is 453. The summed E-state index contributed by atoms with van der Waals surface area (Å²) in [7, 11) is -3.54. The Morgan fingerprint density at radius 2 is 1.89 bits per heavy atom. The van der Waals surface area contributed by atoms with E-state index in [0.717, 1.165) is 0 Å². The van der Waals surface area contributed by atoms with Crippen molar-refractivity contribution in [2.45, 2.75) is 18.7 Å². The van der Waals surface area contributed by atoms with E-state index in [9.17, 15) is 8.42 Å². The monoisotopic (exact) mass is 273 g/mol. The second-order valence-electron chi connectivity index (χ2n) is 4.30. The van der Waals surface area contributed by atoms with Crippen LogP contribution in [0.5, 0.6) is 5.75 Å². The van der Waals surface area contributed by atoms with Crippen molar-refractivity contribution in [3.05, 3.63) is 24.3 Å². The average Bonchev–Trinajstić information content (AvgIpc) is 2.34. The van der Waals surface area contributed by atoms with Gasteiger partial charge in [-0.2, -0.15) is 0 Å². The molecule has 5 nitrogen and oxygen atoms in total. The van der Waals surface area contributed by atoms with E-state index < -0.39 is 10.0 Å². The van der Waals surface area contributed by atoms with Gasteiger partial charge in [0.2, 0.25) is 10.0 Å². The van der Waals surface area contributed by atoms with Gasteiger partial charge in [-0.15, -0.1) is 0 Å². The van der Waals surface area contributed by atoms with Crippen molar-refractivity contribution in [2.24, 2.45) is 5.92 Å². The summed E-state index contributed by atoms with van der Waals surface area (Å²) in [6, 6.07) is 6.20. The Morgan fingerprint density at radius 1 is 1.28 bits per heavy atom. The van der Waals surface area contributed by atoms with Gasteiger partial charge in [0.25, 0.3) is 0 Å². The number of nitrogens with one attached hydrogen (secondary N) is 1. The fourth-order valence-electron chi connectivity index (χ4n) is 1.24. The highest BCUT2D eigenvalue weighted by molar-refractivity contribution is 7.89. The van der Waals surface area contributed by atoms with E-state index in [2.05, 4.69) is 4.72 Å². The van der Waals surface area contributed by atoms with Gasteiger partial charge >= 0.3 is 0 Å². The fraction of sp³-hybridized carbons (Fsp3) is 0.500. The highest BCUT2D eigenvalue weighted by atomic mass is 32.2. The molecule has 0 aliphatic carbocycles. The first-order chi connectivity index (χ1) is 8.45. The molecule has 6 heteroatoms. The lowest BCUT2D eigenvalue weighted by Gasteiger charge is -2.09. The van der Waals surface area contributed by atoms with E-state index in [1.165, 1.54) is 12.1 Å². The topological polar surface area (TPSA) is 75.6 Å². The molecule has 0 radical (unpaired) electrons. The van der Waals surface area contributed by atoms with Gasteiger partial charge in [-0.3, -0.25) is 0 Å². The maximum Gasteiger partial charge on any atom is 0.240 e. The van der Waals surface area contributed by atoms with E-state index in [0.29, 0.717) is 18.3 Å². The van der Waals surface area contributed by atoms with Crippen LogP contribution in [0.25, 0.3) is 0 Å². The van der Waals surface area contributed by atoms with Crippen LogP contribution >= 0.6 is 0 Å². The summed E-state index contributed by atoms with van der Waals surface area (Å²) < 4.78 is 31.1. The first kappa shape index (κ1) is 14.9. The summed E-state index contributed by atoms with van der Waals surface area (Å²) in [5.41, 5.74) is 0. The predicted molar refractivity (Wildman–Crippen MR) is 69.0 cm³/mol. The minimum absolute atomic E-state index is 0.00787. The summed E-state index contributed by atoms with van der Waals surface area (Å²) >= 11 is 0. The van der Waals surface area contributed by atoms with Crippen LogP contribution in [0.4, 0.5) is 0 Å². The van der Waals surface area contributed by atoms with Gasteiger partial charge in [0.05, 0.1) is 18.1 Å². The van der Waals surface area contributed by atoms with Crippen LogP contribution in [-0.2, 0) is 10.0 Å². The molecule has 0 atom stereocenters. The Balaban J connectivity index is 2.70. The Kier molecular flexibility index (Phi) is 5.58. The van der Waals surface area contributed by atoms with Crippen molar-refractivity contribution in [1.29, 1.82) is 0 Å². The molecule has 0 bridgehead atoms. The maximum atomic E-state index is 11.7. The van der Waals surface area contributed by atoms with Crippen LogP contribution in [0.15, 0.2) is 29.2 Å². The van der Waals surface area contributed by atoms with Crippen molar-refractivity contribution in [2.75, 3.05) is 19.8 Å². The lowest BCUT2D eigenvalue weighted by molar-refractivity contribution is 0.271. The average molecular weight is 273 g/mol. The second kappa shape index (κ2) is 6.72. The number of rotatable bonds is 7. The molecule has 0 amide bonds. The van der Waals surface area contributed by atoms with Crippen LogP contribution in [0.1, 0.15) is 13.8 Å². The highest BCUT2D eigenvalue weighted by Crippen LogP contribution is 2.16. The molecular formula is C12H19NO4S. The third-order valence-electron chi connectivity index (χ3n) is 2.12. The molecule has 2 N–H and O–H groups in total. The molecule has 0 aliphatic heterocycles. The molecule has 0 spiro atoms. The molecule has 0 saturated heterocycles. The minimum Gasteiger partial charge on any atom is -0.493 e. The summed E-state index contributed by atoms with van der Waals surface area (Å²) in [5.74, 6) is 1.06. The standard InChI is InChI=1S/C12H19NO4S/c1-10(2)9-17-11-3-5-12(6-4-11)18(15,16)13-7-8-14/h3-6,10,13-14H,7-9H2,1-2H3. The van der Waals surface area contributed by atoms with Crippen molar-refractivity contribution in [3.8, 4) is 5.75 Å². The van der Waals surface area contributed by atoms with Gasteiger partial charge in [-0.05, 0) is 30.2 Å². The van der Waals surface area contributed by atoms with Crippen molar-refractivity contribution < 1.29 is 18.3 Å². The van der Waals surface area contributed by atoms with E-state index in [1.54, 1.807) is 12.1 Å². The van der Waals surface area contributed by atoms with Gasteiger partial charge in [-0.25, -0.2) is 13.1 Å². The largest absolute Gasteiger partial charge is 0.493 e. The van der Waals surface area contributed by atoms with Crippen LogP contribution in [0.3, 0.4) is 0 Å². The fourth-order valence-corrected chi connectivity index (χ4v) is 2.26. The van der Waals surface area contributed by atoms with E-state index >= 15 is 0 Å². The summed E-state index contributed by atoms with van der Waals surface area (Å²) in [6.07, 6.45) is 0. The number of hydrogen-bond acceptors (Lipinski definition) is 4. The number of aliphatic hydroxyl groups excluding tert-OH is 1. The first-order valence-corrected chi connectivity index (χ1v) is 7.27. The third kappa shape index (κ3) is 4.64. The van der Waals surface area contributed by atoms with Gasteiger partial charge < -0.3 is 9.84 Å². The summed E-state index contributed by atoms with van der Waals surface area (Å²) in [5, 5.41) is 8.60. The van der Waals surface area contributed by atoms with E-state index in [-0.39, 0.29) is 18.0 Å². The van der Waals surface area contributed by atoms with Crippen LogP contribution < -0.4 is 9.46 Å². The highest BCUT2D eigenvalue weighted by Gasteiger charge is 2.12. The van der Waals surface area contributed by atoms with E-state index in [4.69, 9.17) is 9.84 Å². The molecule has 0 aliphatic rings. The number of hydrogen-bond donors (Lipinski definition) is 2. The predicted octanol–water partition coefficient (Wildman–Crippen LogP) is 0.992. The van der Waals surface area contributed by atoms with Crippen molar-refractivity contribution in [1.82, 2.24) is 4.72 Å². The molecule has 18 heavy (non-hydrogen) atoms. The maximum absolute atomic E-state index is 11.7. The van der Waals surface area contributed by atoms with Crippen molar-refractivity contribution in [3.63, 3.8) is 0 Å². The number of aliphatic hydroxyl groups is 1. The quantitative estimate of drug-likeness (QED) is 0.777. The smallest absolute Gasteiger partial charge is 0.240 e. The van der Waals surface area contributed by atoms with Crippen LogP contribution in [0.2, 0.25) is 0 Å². The number of sulfonamides is 1. The Labute approximate surface area is 108 Å². The van der Waals surface area contributed by atoms with Gasteiger partial charge in [0.1, 0.15) is 5.75 Å². The molecule has 0 unspecified atom stereocenters. The second-order valence-corrected chi connectivity index (χ2v) is 6.06. The van der Waals surface area contributed by atoms with Crippen LogP contribution in [0, 0.1) is 5.92 Å². The SMILES string of the molecule is CC(C)COc1ccc(S(=O)(=O)NCCO)cc1. The Hall–Kier alpha value is -1.11. The summed E-state index contributed by atoms with van der Waals surface area (Å²) in [4.78, 5) is 0.160. The normalized spacial score (nSPS) is 11.8. The zero-order chi connectivity index (χ0) is 13.6. The third-order valence-corrected chi connectivity index (χ3v) is 3.60. The molecule has 102 valence electrons. The Morgan fingerprint density at radius 3 is 2.39 bits per heavy atom. The zero-order valence-corrected chi connectivity index (χ0v) is 11.4. The molecular weight excluding hydrogens is 254 g/mol. The molecule has 0 saturated carbocycles. The zero-order valence-electron chi connectivity index (χ0n) is 10.6. The lowest BCUT2D eigenvalue weighted by Crippen LogP contribution is -2.26. The minimum atomic E-state index is -3.54. The molecule has 0 heterocycles. The van der Waals surface area contributed by atoms with E-state index in [1.807, 2.05) is 13.8 Å². The molecule has 0 aromatic heterocycles. The molecule has 0 fully saturated rings. The van der Waals surface area contributed by atoms with Gasteiger partial charge in [0, 0.05) is 6.54 Å².